The van der Waals surface area contributed by atoms with E-state index >= 15 is 0 Å². The number of aromatic nitrogens is 2. The van der Waals surface area contributed by atoms with Gasteiger partial charge in [0, 0.05) is 17.7 Å². The fraction of sp³-hybridized carbons (Fsp3) is 0.235. The van der Waals surface area contributed by atoms with Crippen LogP contribution in [0.25, 0.3) is 21.8 Å². The first-order chi connectivity index (χ1) is 11.0. The van der Waals surface area contributed by atoms with Crippen LogP contribution in [-0.2, 0) is 4.74 Å². The van der Waals surface area contributed by atoms with Crippen LogP contribution < -0.4 is 4.74 Å². The average molecular weight is 312 g/mol. The van der Waals surface area contributed by atoms with Crippen molar-refractivity contribution in [1.82, 2.24) is 9.97 Å². The molecule has 0 radical (unpaired) electrons. The summed E-state index contributed by atoms with van der Waals surface area (Å²) >= 11 is 0. The highest BCUT2D eigenvalue weighted by Crippen LogP contribution is 2.34. The van der Waals surface area contributed by atoms with Crippen molar-refractivity contribution in [3.63, 3.8) is 0 Å². The predicted octanol–water partition coefficient (Wildman–Crippen LogP) is 3.02. The number of ether oxygens (including phenoxy) is 2. The van der Waals surface area contributed by atoms with E-state index in [4.69, 9.17) is 9.47 Å². The summed E-state index contributed by atoms with van der Waals surface area (Å²) < 4.78 is 10.2. The lowest BCUT2D eigenvalue weighted by molar-refractivity contribution is 0.0594. The SMILES string of the molecule is COC(=O)c1cc(C)c2c([nH]1)c(OC)cc1cc(C(C)=O)nc12. The number of pyridine rings is 1. The van der Waals surface area contributed by atoms with E-state index in [1.807, 2.05) is 6.92 Å². The maximum absolute atomic E-state index is 11.8. The second-order valence-corrected chi connectivity index (χ2v) is 5.32. The zero-order valence-electron chi connectivity index (χ0n) is 13.3. The Balaban J connectivity index is 2.44. The van der Waals surface area contributed by atoms with Gasteiger partial charge in [-0.1, -0.05) is 0 Å². The maximum Gasteiger partial charge on any atom is 0.354 e. The molecule has 1 aromatic carbocycles. The molecule has 3 aromatic rings. The normalized spacial score (nSPS) is 11.0. The van der Waals surface area contributed by atoms with Crippen LogP contribution in [0.15, 0.2) is 18.2 Å². The average Bonchev–Trinajstić information content (AvgIpc) is 2.96. The number of carbonyl (C=O) groups is 2. The Morgan fingerprint density at radius 3 is 2.52 bits per heavy atom. The number of hydrogen-bond donors (Lipinski definition) is 1. The lowest BCUT2D eigenvalue weighted by Gasteiger charge is -2.11. The van der Waals surface area contributed by atoms with Gasteiger partial charge in [-0.15, -0.1) is 0 Å². The van der Waals surface area contributed by atoms with Gasteiger partial charge in [0.2, 0.25) is 0 Å². The molecule has 2 aromatic heterocycles. The number of H-pyrrole nitrogens is 1. The van der Waals surface area contributed by atoms with Gasteiger partial charge in [-0.25, -0.2) is 9.78 Å². The fourth-order valence-electron chi connectivity index (χ4n) is 2.73. The molecule has 6 nitrogen and oxygen atoms in total. The number of Topliss-reactive ketones (excluding diaryl/α,β-unsaturated/α-hetero) is 1. The summed E-state index contributed by atoms with van der Waals surface area (Å²) in [5.41, 5.74) is 2.93. The van der Waals surface area contributed by atoms with E-state index in [9.17, 15) is 9.59 Å². The van der Waals surface area contributed by atoms with Crippen LogP contribution in [0.4, 0.5) is 0 Å². The predicted molar refractivity (Wildman–Crippen MR) is 86.2 cm³/mol. The molecule has 0 saturated carbocycles. The van der Waals surface area contributed by atoms with Gasteiger partial charge in [0.25, 0.3) is 0 Å². The minimum atomic E-state index is -0.461. The number of benzene rings is 1. The molecule has 6 heteroatoms. The smallest absolute Gasteiger partial charge is 0.354 e. The molecule has 3 rings (SSSR count). The Hall–Kier alpha value is -2.89. The molecule has 0 spiro atoms. The molecule has 0 amide bonds. The summed E-state index contributed by atoms with van der Waals surface area (Å²) in [6.07, 6.45) is 0. The highest BCUT2D eigenvalue weighted by atomic mass is 16.5. The number of aryl methyl sites for hydroxylation is 1. The van der Waals surface area contributed by atoms with Gasteiger partial charge in [-0.05, 0) is 30.7 Å². The Labute approximate surface area is 132 Å². The first-order valence-electron chi connectivity index (χ1n) is 7.06. The number of fused-ring (bicyclic) bond motifs is 3. The third-order valence-corrected chi connectivity index (χ3v) is 3.82. The van der Waals surface area contributed by atoms with Crippen molar-refractivity contribution < 1.29 is 19.1 Å². The summed E-state index contributed by atoms with van der Waals surface area (Å²) in [5, 5.41) is 1.64. The lowest BCUT2D eigenvalue weighted by atomic mass is 10.0. The standard InChI is InChI=1S/C17H16N2O4/c1-8-5-12(17(21)23-4)19-16-13(22-3)7-10-6-11(9(2)20)18-15(10)14(8)16/h5-7,19H,1-4H3. The molecule has 1 N–H and O–H groups in total. The quantitative estimate of drug-likeness (QED) is 0.594. The Morgan fingerprint density at radius 2 is 1.91 bits per heavy atom. The summed E-state index contributed by atoms with van der Waals surface area (Å²) in [6, 6.07) is 5.25. The van der Waals surface area contributed by atoms with Gasteiger partial charge < -0.3 is 14.5 Å². The number of esters is 1. The number of nitrogens with one attached hydrogen (secondary N) is 1. The Kier molecular flexibility index (Phi) is 3.52. The van der Waals surface area contributed by atoms with E-state index in [1.165, 1.54) is 14.0 Å². The van der Waals surface area contributed by atoms with Crippen molar-refractivity contribution in [1.29, 1.82) is 0 Å². The van der Waals surface area contributed by atoms with E-state index < -0.39 is 5.97 Å². The first-order valence-corrected chi connectivity index (χ1v) is 7.06. The number of nitrogens with zero attached hydrogens (tertiary/aromatic N) is 1. The number of rotatable bonds is 3. The van der Waals surface area contributed by atoms with Crippen LogP contribution >= 0.6 is 0 Å². The highest BCUT2D eigenvalue weighted by Gasteiger charge is 2.17. The van der Waals surface area contributed by atoms with E-state index in [0.29, 0.717) is 28.2 Å². The Bertz CT molecular complexity index is 956. The van der Waals surface area contributed by atoms with Crippen LogP contribution in [-0.4, -0.2) is 35.9 Å². The molecule has 0 atom stereocenters. The van der Waals surface area contributed by atoms with Crippen LogP contribution in [0.5, 0.6) is 5.75 Å². The van der Waals surface area contributed by atoms with Gasteiger partial charge >= 0.3 is 5.97 Å². The molecule has 0 bridgehead atoms. The van der Waals surface area contributed by atoms with E-state index in [1.54, 1.807) is 25.3 Å². The molecular formula is C17H16N2O4. The van der Waals surface area contributed by atoms with Crippen LogP contribution in [0.2, 0.25) is 0 Å². The van der Waals surface area contributed by atoms with Crippen molar-refractivity contribution in [3.05, 3.63) is 35.2 Å². The van der Waals surface area contributed by atoms with Gasteiger partial charge in [0.15, 0.2) is 5.78 Å². The minimum absolute atomic E-state index is 0.0962. The van der Waals surface area contributed by atoms with Crippen LogP contribution in [0.3, 0.4) is 0 Å². The van der Waals surface area contributed by atoms with Gasteiger partial charge in [-0.2, -0.15) is 0 Å². The van der Waals surface area contributed by atoms with Crippen molar-refractivity contribution in [2.75, 3.05) is 14.2 Å². The molecule has 23 heavy (non-hydrogen) atoms. The molecule has 0 aliphatic carbocycles. The van der Waals surface area contributed by atoms with Crippen molar-refractivity contribution in [3.8, 4) is 5.75 Å². The molecule has 0 fully saturated rings. The molecular weight excluding hydrogens is 296 g/mol. The lowest BCUT2D eigenvalue weighted by Crippen LogP contribution is -2.05. The topological polar surface area (TPSA) is 81.3 Å². The second-order valence-electron chi connectivity index (χ2n) is 5.32. The van der Waals surface area contributed by atoms with Crippen molar-refractivity contribution >= 4 is 33.6 Å². The highest BCUT2D eigenvalue weighted by molar-refractivity contribution is 6.12. The number of aromatic amines is 1. The van der Waals surface area contributed by atoms with Gasteiger partial charge in [-0.3, -0.25) is 4.79 Å². The minimum Gasteiger partial charge on any atom is -0.495 e. The zero-order chi connectivity index (χ0) is 16.7. The number of hydrogen-bond acceptors (Lipinski definition) is 5. The van der Waals surface area contributed by atoms with E-state index in [0.717, 1.165) is 16.3 Å². The van der Waals surface area contributed by atoms with Gasteiger partial charge in [0.05, 0.1) is 25.3 Å². The van der Waals surface area contributed by atoms with Gasteiger partial charge in [0.1, 0.15) is 17.1 Å². The zero-order valence-corrected chi connectivity index (χ0v) is 13.3. The summed E-state index contributed by atoms with van der Waals surface area (Å²) in [7, 11) is 2.88. The number of ketones is 1. The number of carbonyl (C=O) groups excluding carboxylic acids is 2. The molecule has 0 unspecified atom stereocenters. The molecule has 2 heterocycles. The summed E-state index contributed by atoms with van der Waals surface area (Å²) in [6.45, 7) is 3.36. The second kappa shape index (κ2) is 5.39. The van der Waals surface area contributed by atoms with Crippen LogP contribution in [0.1, 0.15) is 33.5 Å². The summed E-state index contributed by atoms with van der Waals surface area (Å²) in [5.74, 6) is 0.0158. The molecule has 0 aliphatic rings. The third kappa shape index (κ3) is 2.32. The summed E-state index contributed by atoms with van der Waals surface area (Å²) in [4.78, 5) is 30.9. The third-order valence-electron chi connectivity index (χ3n) is 3.82. The van der Waals surface area contributed by atoms with Crippen LogP contribution in [0, 0.1) is 6.92 Å². The largest absolute Gasteiger partial charge is 0.495 e. The van der Waals surface area contributed by atoms with Crippen molar-refractivity contribution in [2.45, 2.75) is 13.8 Å². The first kappa shape index (κ1) is 15.0. The Morgan fingerprint density at radius 1 is 1.17 bits per heavy atom. The molecule has 118 valence electrons. The molecule has 0 aliphatic heterocycles. The van der Waals surface area contributed by atoms with E-state index in [2.05, 4.69) is 9.97 Å². The fourth-order valence-corrected chi connectivity index (χ4v) is 2.73. The maximum atomic E-state index is 11.8. The monoisotopic (exact) mass is 312 g/mol. The molecule has 0 saturated heterocycles. The van der Waals surface area contributed by atoms with Crippen molar-refractivity contribution in [2.24, 2.45) is 0 Å². The van der Waals surface area contributed by atoms with E-state index in [-0.39, 0.29) is 5.78 Å². The number of methoxy groups -OCH3 is 2.